The minimum atomic E-state index is -1.14. The SMILES string of the molecule is Cc1nc(C)c([C@H](OC(C)(C)C)C(=O)O)c(N2CCC(C)(C)CC2)c1-c1ccc2c(c1)CCN(Cc1ccc(Cl)c(F)c1)C2. The Labute approximate surface area is 266 Å². The van der Waals surface area contributed by atoms with Crippen LogP contribution in [0.2, 0.25) is 5.02 Å². The van der Waals surface area contributed by atoms with E-state index in [1.165, 1.54) is 17.2 Å². The lowest BCUT2D eigenvalue weighted by atomic mass is 9.81. The number of carbonyl (C=O) groups is 1. The summed E-state index contributed by atoms with van der Waals surface area (Å²) in [6.45, 7) is 18.1. The molecule has 1 fully saturated rings. The van der Waals surface area contributed by atoms with Crippen LogP contribution in [0.5, 0.6) is 0 Å². The van der Waals surface area contributed by atoms with Gasteiger partial charge >= 0.3 is 5.97 Å². The molecule has 0 aliphatic carbocycles. The van der Waals surface area contributed by atoms with E-state index in [1.807, 2.05) is 40.7 Å². The van der Waals surface area contributed by atoms with Crippen molar-refractivity contribution in [1.82, 2.24) is 9.88 Å². The molecule has 1 atom stereocenters. The van der Waals surface area contributed by atoms with Gasteiger partial charge in [0.05, 0.1) is 16.3 Å². The molecular weight excluding hydrogens is 577 g/mol. The van der Waals surface area contributed by atoms with E-state index in [-0.39, 0.29) is 10.4 Å². The topological polar surface area (TPSA) is 65.9 Å². The van der Waals surface area contributed by atoms with Crippen molar-refractivity contribution in [3.05, 3.63) is 80.9 Å². The molecule has 1 aromatic heterocycles. The zero-order valence-corrected chi connectivity index (χ0v) is 27.8. The number of hydrogen-bond acceptors (Lipinski definition) is 5. The highest BCUT2D eigenvalue weighted by molar-refractivity contribution is 6.30. The number of hydrogen-bond donors (Lipinski definition) is 1. The smallest absolute Gasteiger partial charge is 0.337 e. The van der Waals surface area contributed by atoms with Gasteiger partial charge in [0.25, 0.3) is 0 Å². The highest BCUT2D eigenvalue weighted by Crippen LogP contribution is 2.45. The Morgan fingerprint density at radius 2 is 1.77 bits per heavy atom. The molecule has 2 aliphatic heterocycles. The molecule has 236 valence electrons. The van der Waals surface area contributed by atoms with Crippen molar-refractivity contribution < 1.29 is 19.0 Å². The Kier molecular flexibility index (Phi) is 9.14. The molecule has 0 spiro atoms. The van der Waals surface area contributed by atoms with Gasteiger partial charge in [-0.25, -0.2) is 9.18 Å². The van der Waals surface area contributed by atoms with Gasteiger partial charge in [-0.05, 0) is 93.7 Å². The summed E-state index contributed by atoms with van der Waals surface area (Å²) >= 11 is 5.89. The summed E-state index contributed by atoms with van der Waals surface area (Å²) in [5.41, 5.74) is 8.18. The van der Waals surface area contributed by atoms with Crippen molar-refractivity contribution in [2.45, 2.75) is 92.5 Å². The van der Waals surface area contributed by atoms with Crippen molar-refractivity contribution in [3.8, 4) is 11.1 Å². The third-order valence-electron chi connectivity index (χ3n) is 8.95. The van der Waals surface area contributed by atoms with Crippen LogP contribution in [0.3, 0.4) is 0 Å². The number of ether oxygens (including phenoxy) is 1. The highest BCUT2D eigenvalue weighted by atomic mass is 35.5. The Morgan fingerprint density at radius 1 is 1.07 bits per heavy atom. The summed E-state index contributed by atoms with van der Waals surface area (Å²) in [5, 5.41) is 10.6. The second-order valence-electron chi connectivity index (χ2n) is 14.2. The van der Waals surface area contributed by atoms with Gasteiger partial charge in [0.1, 0.15) is 5.82 Å². The van der Waals surface area contributed by atoms with Crippen molar-refractivity contribution in [3.63, 3.8) is 0 Å². The Balaban J connectivity index is 1.56. The number of rotatable bonds is 7. The third-order valence-corrected chi connectivity index (χ3v) is 9.25. The number of aliphatic carboxylic acids is 1. The lowest BCUT2D eigenvalue weighted by molar-refractivity contribution is -0.160. The number of carboxylic acid groups (broad SMARTS) is 1. The molecule has 6 nitrogen and oxygen atoms in total. The number of aromatic nitrogens is 1. The summed E-state index contributed by atoms with van der Waals surface area (Å²) in [6, 6.07) is 11.6. The van der Waals surface area contributed by atoms with Gasteiger partial charge in [-0.3, -0.25) is 9.88 Å². The number of aryl methyl sites for hydroxylation is 2. The van der Waals surface area contributed by atoms with E-state index in [1.54, 1.807) is 6.07 Å². The molecule has 0 unspecified atom stereocenters. The van der Waals surface area contributed by atoms with E-state index in [0.717, 1.165) is 73.5 Å². The monoisotopic (exact) mass is 621 g/mol. The second kappa shape index (κ2) is 12.4. The number of anilines is 1. The lowest BCUT2D eigenvalue weighted by Crippen LogP contribution is -2.39. The van der Waals surface area contributed by atoms with Crippen LogP contribution in [0.15, 0.2) is 36.4 Å². The van der Waals surface area contributed by atoms with Gasteiger partial charge in [0.2, 0.25) is 0 Å². The molecule has 3 heterocycles. The van der Waals surface area contributed by atoms with Gasteiger partial charge in [0.15, 0.2) is 6.10 Å². The number of carboxylic acids is 1. The maximum absolute atomic E-state index is 14.0. The maximum atomic E-state index is 14.0. The number of halogens is 2. The first-order valence-electron chi connectivity index (χ1n) is 15.6. The predicted molar refractivity (Wildman–Crippen MR) is 175 cm³/mol. The first-order valence-corrected chi connectivity index (χ1v) is 15.9. The van der Waals surface area contributed by atoms with Crippen molar-refractivity contribution in [1.29, 1.82) is 0 Å². The van der Waals surface area contributed by atoms with Gasteiger partial charge in [0, 0.05) is 55.2 Å². The molecule has 1 N–H and O–H groups in total. The summed E-state index contributed by atoms with van der Waals surface area (Å²) < 4.78 is 20.3. The standard InChI is InChI=1S/C36H45ClFN3O3/c1-22-30(26-9-10-27-21-40(15-12-25(27)19-26)20-24-8-11-28(37)29(38)18-24)32(41-16-13-36(6,7)14-17-41)31(23(2)39-22)33(34(42)43)44-35(3,4)5/h8-11,18-19,33H,12-17,20-21H2,1-7H3,(H,42,43)/t33-/m0/s1. The number of piperidine rings is 1. The van der Waals surface area contributed by atoms with Crippen molar-refractivity contribution in [2.24, 2.45) is 5.41 Å². The van der Waals surface area contributed by atoms with Gasteiger partial charge in [-0.15, -0.1) is 0 Å². The van der Waals surface area contributed by atoms with Crippen LogP contribution in [0.1, 0.15) is 87.2 Å². The zero-order valence-electron chi connectivity index (χ0n) is 27.1. The van der Waals surface area contributed by atoms with Crippen LogP contribution in [0.25, 0.3) is 11.1 Å². The summed E-state index contributed by atoms with van der Waals surface area (Å²) in [4.78, 5) is 22.4. The van der Waals surface area contributed by atoms with Crippen LogP contribution >= 0.6 is 11.6 Å². The normalized spacial score (nSPS) is 17.8. The van der Waals surface area contributed by atoms with E-state index in [2.05, 4.69) is 41.8 Å². The van der Waals surface area contributed by atoms with Gasteiger partial charge in [-0.2, -0.15) is 0 Å². The van der Waals surface area contributed by atoms with Crippen LogP contribution < -0.4 is 4.90 Å². The minimum absolute atomic E-state index is 0.140. The fourth-order valence-electron chi connectivity index (χ4n) is 6.55. The first-order chi connectivity index (χ1) is 20.6. The number of nitrogens with zero attached hydrogens (tertiary/aromatic N) is 3. The largest absolute Gasteiger partial charge is 0.479 e. The minimum Gasteiger partial charge on any atom is -0.479 e. The predicted octanol–water partition coefficient (Wildman–Crippen LogP) is 8.28. The molecule has 5 rings (SSSR count). The van der Waals surface area contributed by atoms with Crippen LogP contribution in [0, 0.1) is 25.1 Å². The summed E-state index contributed by atoms with van der Waals surface area (Å²) in [5.74, 6) is -1.40. The van der Waals surface area contributed by atoms with E-state index in [0.29, 0.717) is 17.8 Å². The molecule has 8 heteroatoms. The Hall–Kier alpha value is -3.00. The van der Waals surface area contributed by atoms with Crippen LogP contribution in [0.4, 0.5) is 10.1 Å². The number of pyridine rings is 1. The molecule has 44 heavy (non-hydrogen) atoms. The van der Waals surface area contributed by atoms with Crippen molar-refractivity contribution >= 4 is 23.3 Å². The Bertz CT molecular complexity index is 1560. The molecule has 0 bridgehead atoms. The fraction of sp³-hybridized carbons (Fsp3) is 0.500. The van der Waals surface area contributed by atoms with E-state index in [9.17, 15) is 14.3 Å². The lowest BCUT2D eigenvalue weighted by Gasteiger charge is -2.41. The second-order valence-corrected chi connectivity index (χ2v) is 14.6. The molecule has 2 aliphatic rings. The molecule has 0 radical (unpaired) electrons. The molecule has 3 aromatic rings. The quantitative estimate of drug-likeness (QED) is 0.286. The molecule has 1 saturated heterocycles. The zero-order chi connectivity index (χ0) is 32.0. The van der Waals surface area contributed by atoms with Crippen LogP contribution in [-0.2, 0) is 29.0 Å². The molecular formula is C36H45ClFN3O3. The molecule has 0 saturated carbocycles. The molecule has 2 aromatic carbocycles. The fourth-order valence-corrected chi connectivity index (χ4v) is 6.67. The first kappa shape index (κ1) is 32.4. The van der Waals surface area contributed by atoms with E-state index in [4.69, 9.17) is 21.3 Å². The maximum Gasteiger partial charge on any atom is 0.337 e. The average molecular weight is 622 g/mol. The summed E-state index contributed by atoms with van der Waals surface area (Å²) in [7, 11) is 0. The highest BCUT2D eigenvalue weighted by Gasteiger charge is 2.36. The molecule has 0 amide bonds. The summed E-state index contributed by atoms with van der Waals surface area (Å²) in [6.07, 6.45) is 1.75. The number of fused-ring (bicyclic) bond motifs is 1. The Morgan fingerprint density at radius 3 is 2.41 bits per heavy atom. The third kappa shape index (κ3) is 7.11. The van der Waals surface area contributed by atoms with Crippen LogP contribution in [-0.4, -0.2) is 46.2 Å². The van der Waals surface area contributed by atoms with E-state index >= 15 is 0 Å². The number of benzene rings is 2. The van der Waals surface area contributed by atoms with Crippen molar-refractivity contribution in [2.75, 3.05) is 24.5 Å². The van der Waals surface area contributed by atoms with Gasteiger partial charge < -0.3 is 14.7 Å². The van der Waals surface area contributed by atoms with Gasteiger partial charge in [-0.1, -0.05) is 49.7 Å². The average Bonchev–Trinajstić information content (AvgIpc) is 2.93. The van der Waals surface area contributed by atoms with E-state index < -0.39 is 23.5 Å².